The summed E-state index contributed by atoms with van der Waals surface area (Å²) in [6.07, 6.45) is 0. The third kappa shape index (κ3) is 1.97. The summed E-state index contributed by atoms with van der Waals surface area (Å²) in [6.45, 7) is 0.731. The number of benzene rings is 1. The molecule has 0 saturated carbocycles. The summed E-state index contributed by atoms with van der Waals surface area (Å²) in [5.74, 6) is 0.844. The summed E-state index contributed by atoms with van der Waals surface area (Å²) in [4.78, 5) is 1.13. The zero-order valence-electron chi connectivity index (χ0n) is 9.43. The SMILES string of the molecule is CNCc1cc(-c2cc3ccccc3s2)on1. The number of thiophene rings is 1. The van der Waals surface area contributed by atoms with Gasteiger partial charge in [-0.25, -0.2) is 0 Å². The standard InChI is InChI=1S/C13H12N2OS/c1-14-8-10-7-11(16-15-10)13-6-9-4-2-3-5-12(9)17-13/h2-7,14H,8H2,1H3. The van der Waals surface area contributed by atoms with Gasteiger partial charge in [0, 0.05) is 17.3 Å². The summed E-state index contributed by atoms with van der Waals surface area (Å²) in [5.41, 5.74) is 0.931. The third-order valence-corrected chi connectivity index (χ3v) is 3.72. The van der Waals surface area contributed by atoms with Gasteiger partial charge in [0.2, 0.25) is 0 Å². The first kappa shape index (κ1) is 10.5. The molecule has 0 bridgehead atoms. The fraction of sp³-hybridized carbons (Fsp3) is 0.154. The van der Waals surface area contributed by atoms with Crippen LogP contribution in [0.25, 0.3) is 20.7 Å². The minimum absolute atomic E-state index is 0.731. The van der Waals surface area contributed by atoms with Gasteiger partial charge in [-0.3, -0.25) is 0 Å². The number of nitrogens with one attached hydrogen (secondary N) is 1. The van der Waals surface area contributed by atoms with E-state index in [9.17, 15) is 0 Å². The van der Waals surface area contributed by atoms with E-state index in [2.05, 4.69) is 34.7 Å². The highest BCUT2D eigenvalue weighted by Gasteiger charge is 2.09. The van der Waals surface area contributed by atoms with E-state index in [1.807, 2.05) is 19.2 Å². The molecule has 3 rings (SSSR count). The van der Waals surface area contributed by atoms with Crippen molar-refractivity contribution >= 4 is 21.4 Å². The molecule has 2 heterocycles. The quantitative estimate of drug-likeness (QED) is 0.768. The molecule has 3 nitrogen and oxygen atoms in total. The zero-order valence-corrected chi connectivity index (χ0v) is 10.3. The highest BCUT2D eigenvalue weighted by atomic mass is 32.1. The van der Waals surface area contributed by atoms with Crippen LogP contribution in [0.4, 0.5) is 0 Å². The first-order valence-electron chi connectivity index (χ1n) is 5.46. The maximum absolute atomic E-state index is 5.35. The van der Waals surface area contributed by atoms with E-state index < -0.39 is 0 Å². The van der Waals surface area contributed by atoms with Crippen molar-refractivity contribution < 1.29 is 4.52 Å². The first-order valence-corrected chi connectivity index (χ1v) is 6.27. The molecule has 0 amide bonds. The fourth-order valence-corrected chi connectivity index (χ4v) is 2.81. The topological polar surface area (TPSA) is 38.1 Å². The molecular formula is C13H12N2OS. The fourth-order valence-electron chi connectivity index (χ4n) is 1.80. The maximum Gasteiger partial charge on any atom is 0.177 e. The summed E-state index contributed by atoms with van der Waals surface area (Å²) in [7, 11) is 1.90. The smallest absolute Gasteiger partial charge is 0.177 e. The molecule has 0 spiro atoms. The van der Waals surface area contributed by atoms with Crippen LogP contribution in [-0.4, -0.2) is 12.2 Å². The predicted octanol–water partition coefficient (Wildman–Crippen LogP) is 3.28. The second-order valence-corrected chi connectivity index (χ2v) is 4.95. The predicted molar refractivity (Wildman–Crippen MR) is 70.1 cm³/mol. The van der Waals surface area contributed by atoms with Crippen molar-refractivity contribution in [3.8, 4) is 10.6 Å². The van der Waals surface area contributed by atoms with Gasteiger partial charge >= 0.3 is 0 Å². The van der Waals surface area contributed by atoms with Gasteiger partial charge in [0.25, 0.3) is 0 Å². The summed E-state index contributed by atoms with van der Waals surface area (Å²) in [6, 6.07) is 12.5. The summed E-state index contributed by atoms with van der Waals surface area (Å²) < 4.78 is 6.63. The van der Waals surface area contributed by atoms with Crippen LogP contribution in [-0.2, 0) is 6.54 Å². The Labute approximate surface area is 103 Å². The number of rotatable bonds is 3. The van der Waals surface area contributed by atoms with Crippen molar-refractivity contribution in [3.63, 3.8) is 0 Å². The van der Waals surface area contributed by atoms with Crippen molar-refractivity contribution in [3.05, 3.63) is 42.1 Å². The monoisotopic (exact) mass is 244 g/mol. The van der Waals surface area contributed by atoms with Gasteiger partial charge in [-0.1, -0.05) is 23.4 Å². The minimum Gasteiger partial charge on any atom is -0.355 e. The van der Waals surface area contributed by atoms with Crippen molar-refractivity contribution in [1.82, 2.24) is 10.5 Å². The first-order chi connectivity index (χ1) is 8.36. The molecule has 0 fully saturated rings. The molecule has 17 heavy (non-hydrogen) atoms. The molecule has 1 N–H and O–H groups in total. The van der Waals surface area contributed by atoms with E-state index in [1.165, 1.54) is 10.1 Å². The van der Waals surface area contributed by atoms with Crippen molar-refractivity contribution in [2.45, 2.75) is 6.54 Å². The average Bonchev–Trinajstić information content (AvgIpc) is 2.94. The van der Waals surface area contributed by atoms with Gasteiger partial charge in [0.15, 0.2) is 5.76 Å². The Hall–Kier alpha value is -1.65. The molecule has 0 aliphatic heterocycles. The van der Waals surface area contributed by atoms with Crippen LogP contribution in [0.2, 0.25) is 0 Å². The van der Waals surface area contributed by atoms with Gasteiger partial charge in [-0.15, -0.1) is 11.3 Å². The van der Waals surface area contributed by atoms with Crippen LogP contribution in [0.1, 0.15) is 5.69 Å². The van der Waals surface area contributed by atoms with Crippen LogP contribution >= 0.6 is 11.3 Å². The number of hydrogen-bond donors (Lipinski definition) is 1. The molecule has 4 heteroatoms. The molecule has 0 radical (unpaired) electrons. The minimum atomic E-state index is 0.731. The highest BCUT2D eigenvalue weighted by Crippen LogP contribution is 2.33. The van der Waals surface area contributed by atoms with Gasteiger partial charge in [-0.2, -0.15) is 0 Å². The van der Waals surface area contributed by atoms with E-state index in [0.717, 1.165) is 22.9 Å². The van der Waals surface area contributed by atoms with Crippen LogP contribution in [0.5, 0.6) is 0 Å². The molecule has 0 saturated heterocycles. The summed E-state index contributed by atoms with van der Waals surface area (Å²) >= 11 is 1.73. The van der Waals surface area contributed by atoms with E-state index in [0.29, 0.717) is 0 Å². The van der Waals surface area contributed by atoms with Crippen molar-refractivity contribution in [2.24, 2.45) is 0 Å². The molecule has 2 aromatic heterocycles. The Balaban J connectivity index is 2.01. The van der Waals surface area contributed by atoms with Crippen LogP contribution in [0.15, 0.2) is 40.9 Å². The van der Waals surface area contributed by atoms with Gasteiger partial charge in [0.05, 0.1) is 10.6 Å². The number of hydrogen-bond acceptors (Lipinski definition) is 4. The largest absolute Gasteiger partial charge is 0.355 e. The average molecular weight is 244 g/mol. The molecule has 0 aliphatic rings. The molecule has 3 aromatic rings. The van der Waals surface area contributed by atoms with Crippen LogP contribution < -0.4 is 5.32 Å². The van der Waals surface area contributed by atoms with E-state index in [-0.39, 0.29) is 0 Å². The third-order valence-electron chi connectivity index (χ3n) is 2.59. The Kier molecular flexibility index (Phi) is 2.66. The van der Waals surface area contributed by atoms with Gasteiger partial charge in [0.1, 0.15) is 0 Å². The second kappa shape index (κ2) is 4.31. The highest BCUT2D eigenvalue weighted by molar-refractivity contribution is 7.22. The van der Waals surface area contributed by atoms with Gasteiger partial charge in [-0.05, 0) is 24.6 Å². The van der Waals surface area contributed by atoms with Crippen LogP contribution in [0, 0.1) is 0 Å². The Morgan fingerprint density at radius 2 is 2.18 bits per heavy atom. The number of aromatic nitrogens is 1. The second-order valence-electron chi connectivity index (χ2n) is 3.86. The zero-order chi connectivity index (χ0) is 11.7. The molecule has 0 unspecified atom stereocenters. The Morgan fingerprint density at radius 1 is 1.29 bits per heavy atom. The van der Waals surface area contributed by atoms with Gasteiger partial charge < -0.3 is 9.84 Å². The van der Waals surface area contributed by atoms with Crippen LogP contribution in [0.3, 0.4) is 0 Å². The van der Waals surface area contributed by atoms with Crippen molar-refractivity contribution in [2.75, 3.05) is 7.05 Å². The molecule has 86 valence electrons. The molecule has 0 aliphatic carbocycles. The van der Waals surface area contributed by atoms with E-state index in [4.69, 9.17) is 4.52 Å². The number of fused-ring (bicyclic) bond motifs is 1. The maximum atomic E-state index is 5.35. The molecule has 0 atom stereocenters. The lowest BCUT2D eigenvalue weighted by Gasteiger charge is -1.87. The molecular weight excluding hydrogens is 232 g/mol. The molecule has 1 aromatic carbocycles. The number of nitrogens with zero attached hydrogens (tertiary/aromatic N) is 1. The Bertz CT molecular complexity index is 608. The lowest BCUT2D eigenvalue weighted by molar-refractivity contribution is 0.422. The lowest BCUT2D eigenvalue weighted by Crippen LogP contribution is -2.04. The normalized spacial score (nSPS) is 11.1. The summed E-state index contributed by atoms with van der Waals surface area (Å²) in [5, 5.41) is 8.33. The van der Waals surface area contributed by atoms with E-state index in [1.54, 1.807) is 11.3 Å². The Morgan fingerprint density at radius 3 is 3.00 bits per heavy atom. The lowest BCUT2D eigenvalue weighted by atomic mass is 10.2. The van der Waals surface area contributed by atoms with E-state index >= 15 is 0 Å². The van der Waals surface area contributed by atoms with Crippen molar-refractivity contribution in [1.29, 1.82) is 0 Å².